The molecule has 0 aliphatic heterocycles. The summed E-state index contributed by atoms with van der Waals surface area (Å²) >= 11 is 0. The number of halogens is 1. The number of carbonyl (C=O) groups excluding carboxylic acids is 1. The lowest BCUT2D eigenvalue weighted by atomic mass is 9.90. The summed E-state index contributed by atoms with van der Waals surface area (Å²) in [6.45, 7) is 10.3. The Morgan fingerprint density at radius 2 is 2.00 bits per heavy atom. The summed E-state index contributed by atoms with van der Waals surface area (Å²) < 4.78 is 13.9. The van der Waals surface area contributed by atoms with Gasteiger partial charge in [-0.2, -0.15) is 5.10 Å². The van der Waals surface area contributed by atoms with Gasteiger partial charge in [0.2, 0.25) is 0 Å². The van der Waals surface area contributed by atoms with E-state index in [1.54, 1.807) is 12.1 Å². The number of aromatic hydroxyl groups is 1. The number of nitrogens with zero attached hydrogens (tertiary/aromatic N) is 2. The van der Waals surface area contributed by atoms with Gasteiger partial charge in [0.25, 0.3) is 5.91 Å². The molecule has 1 atom stereocenters. The molecule has 3 aromatic rings. The summed E-state index contributed by atoms with van der Waals surface area (Å²) in [4.78, 5) is 18.0. The first kappa shape index (κ1) is 23.7. The third-order valence-electron chi connectivity index (χ3n) is 5.72. The Kier molecular flexibility index (Phi) is 6.83. The lowest BCUT2D eigenvalue weighted by Gasteiger charge is -2.31. The first-order valence-electron chi connectivity index (χ1n) is 10.8. The summed E-state index contributed by atoms with van der Waals surface area (Å²) in [6, 6.07) is 5.65. The van der Waals surface area contributed by atoms with Crippen molar-refractivity contribution in [1.29, 1.82) is 0 Å². The van der Waals surface area contributed by atoms with Crippen molar-refractivity contribution in [2.24, 2.45) is 5.92 Å². The van der Waals surface area contributed by atoms with Gasteiger partial charge in [0.1, 0.15) is 0 Å². The Balaban J connectivity index is 2.02. The van der Waals surface area contributed by atoms with Crippen LogP contribution in [0.4, 0.5) is 4.39 Å². The Morgan fingerprint density at radius 1 is 1.28 bits per heavy atom. The number of aromatic amines is 1. The number of benzene rings is 1. The zero-order valence-electron chi connectivity index (χ0n) is 19.5. The van der Waals surface area contributed by atoms with Crippen LogP contribution in [0.3, 0.4) is 0 Å². The normalized spacial score (nSPS) is 13.0. The molecule has 1 aromatic carbocycles. The van der Waals surface area contributed by atoms with Crippen LogP contribution in [0.2, 0.25) is 0 Å². The number of pyridine rings is 1. The van der Waals surface area contributed by atoms with Crippen molar-refractivity contribution in [1.82, 2.24) is 25.8 Å². The predicted octanol–water partition coefficient (Wildman–Crippen LogP) is 4.31. The summed E-state index contributed by atoms with van der Waals surface area (Å²) in [6.07, 6.45) is 1.60. The van der Waals surface area contributed by atoms with Crippen LogP contribution in [-0.2, 0) is 0 Å². The number of hydrogen-bond acceptors (Lipinski definition) is 5. The second kappa shape index (κ2) is 9.24. The Bertz CT molecular complexity index is 1120. The number of aryl methyl sites for hydroxylation is 1. The highest BCUT2D eigenvalue weighted by atomic mass is 19.1. The van der Waals surface area contributed by atoms with Crippen molar-refractivity contribution in [3.8, 4) is 17.0 Å². The molecule has 2 aromatic heterocycles. The van der Waals surface area contributed by atoms with Gasteiger partial charge < -0.3 is 15.7 Å². The van der Waals surface area contributed by atoms with E-state index in [1.807, 2.05) is 14.0 Å². The molecule has 0 radical (unpaired) electrons. The third kappa shape index (κ3) is 5.24. The van der Waals surface area contributed by atoms with E-state index in [2.05, 4.69) is 53.5 Å². The smallest absolute Gasteiger partial charge is 0.252 e. The zero-order valence-corrected chi connectivity index (χ0v) is 19.5. The number of carbonyl (C=O) groups is 1. The molecule has 8 heteroatoms. The molecule has 0 fully saturated rings. The van der Waals surface area contributed by atoms with Crippen molar-refractivity contribution in [3.05, 3.63) is 41.3 Å². The fraction of sp³-hybridized carbons (Fsp3) is 0.458. The molecule has 0 saturated carbocycles. The van der Waals surface area contributed by atoms with Gasteiger partial charge in [0, 0.05) is 22.8 Å². The number of phenols is 1. The van der Waals surface area contributed by atoms with Crippen molar-refractivity contribution in [2.45, 2.75) is 59.0 Å². The van der Waals surface area contributed by atoms with Crippen LogP contribution in [-0.4, -0.2) is 44.8 Å². The molecular formula is C24H32FN5O2. The van der Waals surface area contributed by atoms with E-state index in [0.29, 0.717) is 33.8 Å². The maximum atomic E-state index is 13.9. The number of fused-ring (bicyclic) bond motifs is 1. The average Bonchev–Trinajstić information content (AvgIpc) is 3.09. The van der Waals surface area contributed by atoms with Crippen molar-refractivity contribution in [3.63, 3.8) is 0 Å². The maximum Gasteiger partial charge on any atom is 0.252 e. The van der Waals surface area contributed by atoms with Crippen LogP contribution in [0.15, 0.2) is 24.3 Å². The number of hydrogen-bond donors (Lipinski definition) is 4. The number of H-pyrrole nitrogens is 1. The van der Waals surface area contributed by atoms with Gasteiger partial charge >= 0.3 is 0 Å². The van der Waals surface area contributed by atoms with Crippen LogP contribution in [0.25, 0.3) is 22.3 Å². The van der Waals surface area contributed by atoms with Crippen molar-refractivity contribution in [2.75, 3.05) is 7.05 Å². The van der Waals surface area contributed by atoms with E-state index in [9.17, 15) is 14.3 Å². The minimum Gasteiger partial charge on any atom is -0.505 e. The van der Waals surface area contributed by atoms with Gasteiger partial charge in [-0.1, -0.05) is 13.8 Å². The molecule has 0 aliphatic carbocycles. The summed E-state index contributed by atoms with van der Waals surface area (Å²) in [5.74, 6) is -0.997. The SMILES string of the molecule is CNC(C)(C)CC(CC(C)C)NC(=O)c1cc(-c2ccc(O)c(F)c2)nc2n[nH]c(C)c12. The predicted molar refractivity (Wildman–Crippen MR) is 124 cm³/mol. The zero-order chi connectivity index (χ0) is 23.6. The number of phenolic OH excluding ortho intramolecular Hbond substituents is 1. The second-order valence-electron chi connectivity index (χ2n) is 9.41. The molecule has 32 heavy (non-hydrogen) atoms. The van der Waals surface area contributed by atoms with Gasteiger partial charge in [0.15, 0.2) is 17.2 Å². The lowest BCUT2D eigenvalue weighted by molar-refractivity contribution is 0.0925. The minimum atomic E-state index is -0.750. The molecule has 0 saturated heterocycles. The summed E-state index contributed by atoms with van der Waals surface area (Å²) in [7, 11) is 1.92. The number of rotatable bonds is 8. The first-order chi connectivity index (χ1) is 15.0. The number of amides is 1. The molecule has 0 bridgehead atoms. The van der Waals surface area contributed by atoms with E-state index in [1.165, 1.54) is 12.1 Å². The van der Waals surface area contributed by atoms with Crippen molar-refractivity contribution < 1.29 is 14.3 Å². The molecule has 0 spiro atoms. The molecule has 172 valence electrons. The summed E-state index contributed by atoms with van der Waals surface area (Å²) in [5, 5.41) is 23.8. The Morgan fingerprint density at radius 3 is 2.62 bits per heavy atom. The van der Waals surface area contributed by atoms with Crippen molar-refractivity contribution >= 4 is 16.9 Å². The average molecular weight is 442 g/mol. The Hall–Kier alpha value is -3.00. The Labute approximate surface area is 187 Å². The third-order valence-corrected chi connectivity index (χ3v) is 5.72. The quantitative estimate of drug-likeness (QED) is 0.417. The van der Waals surface area contributed by atoms with Gasteiger partial charge in [0.05, 0.1) is 16.6 Å². The molecule has 3 rings (SSSR count). The highest BCUT2D eigenvalue weighted by Gasteiger charge is 2.26. The molecule has 0 aliphatic rings. The molecule has 7 nitrogen and oxygen atoms in total. The first-order valence-corrected chi connectivity index (χ1v) is 10.8. The van der Waals surface area contributed by atoms with E-state index < -0.39 is 11.6 Å². The highest BCUT2D eigenvalue weighted by molar-refractivity contribution is 6.07. The van der Waals surface area contributed by atoms with Gasteiger partial charge in [-0.25, -0.2) is 9.37 Å². The fourth-order valence-corrected chi connectivity index (χ4v) is 3.91. The highest BCUT2D eigenvalue weighted by Crippen LogP contribution is 2.28. The monoisotopic (exact) mass is 441 g/mol. The van der Waals surface area contributed by atoms with Crippen LogP contribution < -0.4 is 10.6 Å². The molecular weight excluding hydrogens is 409 g/mol. The minimum absolute atomic E-state index is 0.0325. The lowest BCUT2D eigenvalue weighted by Crippen LogP contribution is -2.46. The standard InChI is InChI=1S/C24H32FN5O2/c1-13(2)9-16(12-24(4,5)26-6)27-23(32)17-11-19(15-7-8-20(31)18(25)10-15)28-22-21(17)14(3)29-30-22/h7-8,10-11,13,16,26,31H,9,12H2,1-6H3,(H,27,32)(H,28,29,30). The number of nitrogens with one attached hydrogen (secondary N) is 3. The largest absolute Gasteiger partial charge is 0.505 e. The van der Waals surface area contributed by atoms with Gasteiger partial charge in [-0.3, -0.25) is 9.89 Å². The van der Waals surface area contributed by atoms with Crippen LogP contribution in [0.1, 0.15) is 56.6 Å². The van der Waals surface area contributed by atoms with E-state index in [-0.39, 0.29) is 17.5 Å². The molecule has 1 amide bonds. The summed E-state index contributed by atoms with van der Waals surface area (Å²) in [5.41, 5.74) is 2.27. The topological polar surface area (TPSA) is 103 Å². The second-order valence-corrected chi connectivity index (χ2v) is 9.41. The molecule has 4 N–H and O–H groups in total. The van der Waals surface area contributed by atoms with Gasteiger partial charge in [-0.05, 0) is 70.8 Å². The molecule has 1 unspecified atom stereocenters. The number of aromatic nitrogens is 3. The van der Waals surface area contributed by atoms with Crippen LogP contribution in [0.5, 0.6) is 5.75 Å². The van der Waals surface area contributed by atoms with E-state index in [4.69, 9.17) is 0 Å². The van der Waals surface area contributed by atoms with Crippen LogP contribution in [0, 0.1) is 18.7 Å². The van der Waals surface area contributed by atoms with E-state index in [0.717, 1.165) is 18.5 Å². The van der Waals surface area contributed by atoms with Crippen LogP contribution >= 0.6 is 0 Å². The fourth-order valence-electron chi connectivity index (χ4n) is 3.91. The maximum absolute atomic E-state index is 13.9. The van der Waals surface area contributed by atoms with E-state index >= 15 is 0 Å². The van der Waals surface area contributed by atoms with Gasteiger partial charge in [-0.15, -0.1) is 0 Å². The molecule has 2 heterocycles.